The minimum absolute atomic E-state index is 0.208. The molecule has 0 bridgehead atoms. The quantitative estimate of drug-likeness (QED) is 0.144. The van der Waals surface area contributed by atoms with Crippen molar-refractivity contribution < 1.29 is 14.2 Å². The average Bonchev–Trinajstić information content (AvgIpc) is 3.00. The number of hydrogen-bond acceptors (Lipinski definition) is 6. The fourth-order valence-electron chi connectivity index (χ4n) is 4.83. The Morgan fingerprint density at radius 2 is 1.72 bits per heavy atom. The van der Waals surface area contributed by atoms with E-state index in [0.717, 1.165) is 38.0 Å². The van der Waals surface area contributed by atoms with E-state index in [0.29, 0.717) is 41.4 Å². The van der Waals surface area contributed by atoms with Crippen molar-refractivity contribution in [3.05, 3.63) is 116 Å². The summed E-state index contributed by atoms with van der Waals surface area (Å²) in [7, 11) is 1.67. The van der Waals surface area contributed by atoms with Gasteiger partial charge in [0.15, 0.2) is 17.3 Å². The zero-order valence-corrected chi connectivity index (χ0v) is 26.5. The maximum Gasteiger partial charge on any atom is 0.282 e. The number of nitrogens with zero attached hydrogens (tertiary/aromatic N) is 3. The van der Waals surface area contributed by atoms with Gasteiger partial charge in [0.1, 0.15) is 12.4 Å². The van der Waals surface area contributed by atoms with Crippen LogP contribution in [0.1, 0.15) is 48.9 Å². The van der Waals surface area contributed by atoms with Crippen molar-refractivity contribution in [3.63, 3.8) is 0 Å². The highest BCUT2D eigenvalue weighted by Crippen LogP contribution is 2.34. The molecule has 0 spiro atoms. The molecule has 0 amide bonds. The number of ether oxygens (including phenoxy) is 3. The summed E-state index contributed by atoms with van der Waals surface area (Å²) in [4.78, 5) is 18.7. The summed E-state index contributed by atoms with van der Waals surface area (Å²) in [6.07, 6.45) is 1.64. The molecule has 0 saturated carbocycles. The molecule has 4 aromatic carbocycles. The van der Waals surface area contributed by atoms with E-state index < -0.39 is 0 Å². The zero-order chi connectivity index (χ0) is 30.5. The second kappa shape index (κ2) is 13.3. The first-order chi connectivity index (χ1) is 20.8. The maximum atomic E-state index is 13.8. The Bertz CT molecular complexity index is 1850. The lowest BCUT2D eigenvalue weighted by Gasteiger charge is -2.17. The fourth-order valence-corrected chi connectivity index (χ4v) is 5.10. The van der Waals surface area contributed by atoms with Gasteiger partial charge in [-0.15, -0.1) is 0 Å². The Morgan fingerprint density at radius 3 is 2.44 bits per heavy atom. The molecule has 0 aliphatic rings. The van der Waals surface area contributed by atoms with Crippen LogP contribution < -0.4 is 19.8 Å². The lowest BCUT2D eigenvalue weighted by Crippen LogP contribution is -2.20. The smallest absolute Gasteiger partial charge is 0.282 e. The molecule has 43 heavy (non-hydrogen) atoms. The second-order valence-electron chi connectivity index (χ2n) is 10.4. The number of benzene rings is 4. The molecule has 8 heteroatoms. The highest BCUT2D eigenvalue weighted by atomic mass is 79.9. The lowest BCUT2D eigenvalue weighted by molar-refractivity contribution is 0.269. The average molecular weight is 641 g/mol. The van der Waals surface area contributed by atoms with Crippen LogP contribution in [0.15, 0.2) is 93.2 Å². The summed E-state index contributed by atoms with van der Waals surface area (Å²) in [5, 5.41) is 5.17. The van der Waals surface area contributed by atoms with Crippen molar-refractivity contribution in [3.8, 4) is 28.6 Å². The molecule has 220 valence electrons. The van der Waals surface area contributed by atoms with E-state index in [4.69, 9.17) is 19.2 Å². The molecule has 0 aliphatic heterocycles. The monoisotopic (exact) mass is 639 g/mol. The van der Waals surface area contributed by atoms with E-state index in [9.17, 15) is 4.79 Å². The van der Waals surface area contributed by atoms with Crippen LogP contribution in [0.5, 0.6) is 17.2 Å². The van der Waals surface area contributed by atoms with E-state index >= 15 is 0 Å². The molecule has 0 fully saturated rings. The van der Waals surface area contributed by atoms with Crippen LogP contribution in [0.2, 0.25) is 0 Å². The first-order valence-corrected chi connectivity index (χ1v) is 15.0. The van der Waals surface area contributed by atoms with Gasteiger partial charge in [-0.2, -0.15) is 9.78 Å². The summed E-state index contributed by atoms with van der Waals surface area (Å²) in [6, 6.07) is 24.9. The number of para-hydroxylation sites is 1. The van der Waals surface area contributed by atoms with Crippen molar-refractivity contribution in [1.29, 1.82) is 0 Å². The SMILES string of the molecule is CCOc1cc(C=Nn2c(-c3cc(C(C)C)c(OC)cc3C)nc3ccccc3c2=O)ccc1OCc1ccc(Br)cc1. The van der Waals surface area contributed by atoms with Crippen LogP contribution >= 0.6 is 15.9 Å². The van der Waals surface area contributed by atoms with E-state index in [2.05, 4.69) is 34.9 Å². The van der Waals surface area contributed by atoms with Gasteiger partial charge in [0.2, 0.25) is 0 Å². The Kier molecular flexibility index (Phi) is 9.26. The minimum atomic E-state index is -0.252. The summed E-state index contributed by atoms with van der Waals surface area (Å²) < 4.78 is 20.0. The van der Waals surface area contributed by atoms with E-state index in [1.165, 1.54) is 4.68 Å². The third-order valence-corrected chi connectivity index (χ3v) is 7.62. The highest BCUT2D eigenvalue weighted by Gasteiger charge is 2.18. The number of halogens is 1. The van der Waals surface area contributed by atoms with Crippen molar-refractivity contribution >= 4 is 33.0 Å². The number of aryl methyl sites for hydroxylation is 1. The van der Waals surface area contributed by atoms with Gasteiger partial charge in [-0.3, -0.25) is 4.79 Å². The minimum Gasteiger partial charge on any atom is -0.496 e. The van der Waals surface area contributed by atoms with Crippen molar-refractivity contribution in [2.24, 2.45) is 5.10 Å². The Labute approximate surface area is 259 Å². The molecule has 1 heterocycles. The molecule has 5 aromatic rings. The molecule has 0 N–H and O–H groups in total. The van der Waals surface area contributed by atoms with Crippen LogP contribution in [0, 0.1) is 6.92 Å². The van der Waals surface area contributed by atoms with Gasteiger partial charge < -0.3 is 14.2 Å². The summed E-state index contributed by atoms with van der Waals surface area (Å²) in [5.41, 5.74) is 4.93. The van der Waals surface area contributed by atoms with E-state index in [1.807, 2.05) is 86.6 Å². The normalized spacial score (nSPS) is 11.4. The van der Waals surface area contributed by atoms with Gasteiger partial charge in [0, 0.05) is 10.0 Å². The number of hydrogen-bond donors (Lipinski definition) is 0. The molecule has 0 atom stereocenters. The molecule has 0 saturated heterocycles. The molecule has 0 aliphatic carbocycles. The lowest BCUT2D eigenvalue weighted by atomic mass is 9.96. The summed E-state index contributed by atoms with van der Waals surface area (Å²) in [5.74, 6) is 2.70. The molecular formula is C35H34BrN3O4. The van der Waals surface area contributed by atoms with E-state index in [-0.39, 0.29) is 11.5 Å². The summed E-state index contributed by atoms with van der Waals surface area (Å²) >= 11 is 3.46. The van der Waals surface area contributed by atoms with Crippen LogP contribution in [-0.4, -0.2) is 29.6 Å². The Morgan fingerprint density at radius 1 is 0.953 bits per heavy atom. The van der Waals surface area contributed by atoms with Crippen LogP contribution in [0.25, 0.3) is 22.3 Å². The van der Waals surface area contributed by atoms with Gasteiger partial charge in [-0.1, -0.05) is 54.0 Å². The van der Waals surface area contributed by atoms with Crippen molar-refractivity contribution in [2.75, 3.05) is 13.7 Å². The third-order valence-electron chi connectivity index (χ3n) is 7.09. The molecular weight excluding hydrogens is 606 g/mol. The number of aromatic nitrogens is 2. The number of rotatable bonds is 10. The molecule has 1 aromatic heterocycles. The molecule has 7 nitrogen and oxygen atoms in total. The number of fused-ring (bicyclic) bond motifs is 1. The van der Waals surface area contributed by atoms with Gasteiger partial charge >= 0.3 is 0 Å². The fraction of sp³-hybridized carbons (Fsp3) is 0.229. The van der Waals surface area contributed by atoms with Crippen LogP contribution in [0.3, 0.4) is 0 Å². The second-order valence-corrected chi connectivity index (χ2v) is 11.3. The van der Waals surface area contributed by atoms with E-state index in [1.54, 1.807) is 19.4 Å². The Hall–Kier alpha value is -4.43. The predicted octanol–water partition coefficient (Wildman–Crippen LogP) is 8.13. The Balaban J connectivity index is 1.56. The third kappa shape index (κ3) is 6.65. The predicted molar refractivity (Wildman–Crippen MR) is 176 cm³/mol. The van der Waals surface area contributed by atoms with Crippen molar-refractivity contribution in [1.82, 2.24) is 9.66 Å². The maximum absolute atomic E-state index is 13.8. The van der Waals surface area contributed by atoms with Crippen molar-refractivity contribution in [2.45, 2.75) is 40.2 Å². The zero-order valence-electron chi connectivity index (χ0n) is 24.9. The number of methoxy groups -OCH3 is 1. The first-order valence-electron chi connectivity index (χ1n) is 14.2. The topological polar surface area (TPSA) is 74.9 Å². The van der Waals surface area contributed by atoms with Gasteiger partial charge in [-0.05, 0) is 96.6 Å². The molecule has 5 rings (SSSR count). The van der Waals surface area contributed by atoms with Gasteiger partial charge in [0.05, 0.1) is 30.8 Å². The molecule has 0 radical (unpaired) electrons. The van der Waals surface area contributed by atoms with Crippen LogP contribution in [-0.2, 0) is 6.61 Å². The molecule has 0 unspecified atom stereocenters. The van der Waals surface area contributed by atoms with Crippen LogP contribution in [0.4, 0.5) is 0 Å². The van der Waals surface area contributed by atoms with Gasteiger partial charge in [-0.25, -0.2) is 4.98 Å². The standard InChI is InChI=1S/C35H34BrN3O4/c1-6-42-33-18-25(13-16-31(33)43-21-24-11-14-26(36)15-12-24)20-37-39-34(38-30-10-8-7-9-27(30)35(39)40)29-19-28(22(2)3)32(41-5)17-23(29)4/h7-20,22H,6,21H2,1-5H3. The van der Waals surface area contributed by atoms with Gasteiger partial charge in [0.25, 0.3) is 5.56 Å². The largest absolute Gasteiger partial charge is 0.496 e. The summed E-state index contributed by atoms with van der Waals surface area (Å²) in [6.45, 7) is 9.01. The first kappa shape index (κ1) is 30.0. The highest BCUT2D eigenvalue weighted by molar-refractivity contribution is 9.10.